The zero-order valence-corrected chi connectivity index (χ0v) is 10.2. The molecule has 16 heavy (non-hydrogen) atoms. The summed E-state index contributed by atoms with van der Waals surface area (Å²) in [4.78, 5) is 6.81. The third-order valence-corrected chi connectivity index (χ3v) is 3.55. The third-order valence-electron chi connectivity index (χ3n) is 3.55. The molecule has 1 fully saturated rings. The van der Waals surface area contributed by atoms with Crippen LogP contribution in [0.1, 0.15) is 18.5 Å². The van der Waals surface area contributed by atoms with Crippen LogP contribution >= 0.6 is 0 Å². The number of nitrogens with one attached hydrogen (secondary N) is 1. The lowest BCUT2D eigenvalue weighted by Crippen LogP contribution is -2.48. The van der Waals surface area contributed by atoms with Crippen LogP contribution in [-0.4, -0.2) is 36.6 Å². The molecule has 0 saturated heterocycles. The summed E-state index contributed by atoms with van der Waals surface area (Å²) >= 11 is 0. The quantitative estimate of drug-likeness (QED) is 0.813. The molecule has 1 aliphatic rings. The molecule has 0 amide bonds. The fourth-order valence-corrected chi connectivity index (χ4v) is 2.50. The molecule has 1 aromatic rings. The molecule has 0 spiro atoms. The molecule has 0 bridgehead atoms. The minimum absolute atomic E-state index is 0.731. The van der Waals surface area contributed by atoms with Gasteiger partial charge in [0.2, 0.25) is 0 Å². The van der Waals surface area contributed by atoms with Crippen molar-refractivity contribution in [2.24, 2.45) is 5.92 Å². The molecule has 2 unspecified atom stereocenters. The van der Waals surface area contributed by atoms with E-state index < -0.39 is 0 Å². The molecule has 0 radical (unpaired) electrons. The summed E-state index contributed by atoms with van der Waals surface area (Å²) in [6.45, 7) is 2.10. The lowest BCUT2D eigenvalue weighted by Gasteiger charge is -2.42. The van der Waals surface area contributed by atoms with Gasteiger partial charge in [0, 0.05) is 18.8 Å². The van der Waals surface area contributed by atoms with Crippen molar-refractivity contribution < 1.29 is 0 Å². The molecule has 1 saturated carbocycles. The van der Waals surface area contributed by atoms with E-state index in [0.29, 0.717) is 0 Å². The van der Waals surface area contributed by atoms with Crippen molar-refractivity contribution in [3.63, 3.8) is 0 Å². The molecule has 0 aliphatic heterocycles. The van der Waals surface area contributed by atoms with Crippen LogP contribution < -0.4 is 5.32 Å². The molecule has 3 heteroatoms. The molecule has 2 rings (SSSR count). The van der Waals surface area contributed by atoms with Gasteiger partial charge in [-0.25, -0.2) is 0 Å². The maximum Gasteiger partial charge on any atom is 0.0543 e. The Bertz CT molecular complexity index is 312. The van der Waals surface area contributed by atoms with Gasteiger partial charge >= 0.3 is 0 Å². The Morgan fingerprint density at radius 2 is 2.31 bits per heavy atom. The average Bonchev–Trinajstić information content (AvgIpc) is 2.25. The van der Waals surface area contributed by atoms with E-state index in [1.54, 1.807) is 0 Å². The maximum absolute atomic E-state index is 4.37. The average molecular weight is 219 g/mol. The van der Waals surface area contributed by atoms with E-state index in [0.717, 1.165) is 25.0 Å². The molecule has 1 heterocycles. The third kappa shape index (κ3) is 2.60. The van der Waals surface area contributed by atoms with Gasteiger partial charge in [0.1, 0.15) is 0 Å². The monoisotopic (exact) mass is 219 g/mol. The highest BCUT2D eigenvalue weighted by Gasteiger charge is 2.33. The summed E-state index contributed by atoms with van der Waals surface area (Å²) in [5.74, 6) is 0.818. The van der Waals surface area contributed by atoms with E-state index in [1.165, 1.54) is 18.5 Å². The van der Waals surface area contributed by atoms with Gasteiger partial charge in [0.15, 0.2) is 0 Å². The Hall–Kier alpha value is -0.930. The Balaban J connectivity index is 1.86. The molecule has 2 atom stereocenters. The second-order valence-corrected chi connectivity index (χ2v) is 4.70. The topological polar surface area (TPSA) is 28.2 Å². The van der Waals surface area contributed by atoms with Crippen LogP contribution in [0.4, 0.5) is 0 Å². The molecule has 1 N–H and O–H groups in total. The zero-order chi connectivity index (χ0) is 11.4. The fourth-order valence-electron chi connectivity index (χ4n) is 2.50. The molecule has 1 aliphatic carbocycles. The van der Waals surface area contributed by atoms with Gasteiger partial charge < -0.3 is 5.32 Å². The highest BCUT2D eigenvalue weighted by atomic mass is 15.2. The smallest absolute Gasteiger partial charge is 0.0543 e. The molecular weight excluding hydrogens is 198 g/mol. The van der Waals surface area contributed by atoms with Gasteiger partial charge in [-0.15, -0.1) is 0 Å². The summed E-state index contributed by atoms with van der Waals surface area (Å²) in [6.07, 6.45) is 4.56. The largest absolute Gasteiger partial charge is 0.319 e. The van der Waals surface area contributed by atoms with Crippen molar-refractivity contribution in [1.29, 1.82) is 0 Å². The summed E-state index contributed by atoms with van der Waals surface area (Å²) in [6, 6.07) is 6.86. The van der Waals surface area contributed by atoms with Gasteiger partial charge in [-0.3, -0.25) is 9.88 Å². The van der Waals surface area contributed by atoms with Gasteiger partial charge in [-0.05, 0) is 51.5 Å². The summed E-state index contributed by atoms with van der Waals surface area (Å²) in [5, 5.41) is 3.28. The SMILES string of the molecule is CNCC1CCC1N(C)Cc1ccccn1. The number of pyridine rings is 1. The van der Waals surface area contributed by atoms with Crippen LogP contribution in [0.3, 0.4) is 0 Å². The summed E-state index contributed by atoms with van der Waals surface area (Å²) in [5.41, 5.74) is 1.17. The van der Waals surface area contributed by atoms with E-state index in [9.17, 15) is 0 Å². The lowest BCUT2D eigenvalue weighted by atomic mass is 9.78. The van der Waals surface area contributed by atoms with Gasteiger partial charge in [0.05, 0.1) is 5.69 Å². The molecule has 88 valence electrons. The predicted molar refractivity (Wildman–Crippen MR) is 66.1 cm³/mol. The van der Waals surface area contributed by atoms with Crippen molar-refractivity contribution in [1.82, 2.24) is 15.2 Å². The Morgan fingerprint density at radius 3 is 2.88 bits per heavy atom. The van der Waals surface area contributed by atoms with E-state index >= 15 is 0 Å². The van der Waals surface area contributed by atoms with Gasteiger partial charge in [-0.1, -0.05) is 6.07 Å². The number of hydrogen-bond acceptors (Lipinski definition) is 3. The Labute approximate surface area is 97.9 Å². The van der Waals surface area contributed by atoms with E-state index in [4.69, 9.17) is 0 Å². The molecular formula is C13H21N3. The zero-order valence-electron chi connectivity index (χ0n) is 10.2. The van der Waals surface area contributed by atoms with E-state index in [2.05, 4.69) is 34.4 Å². The second-order valence-electron chi connectivity index (χ2n) is 4.70. The highest BCUT2D eigenvalue weighted by molar-refractivity contribution is 5.04. The first-order valence-corrected chi connectivity index (χ1v) is 6.06. The summed E-state index contributed by atoms with van der Waals surface area (Å²) in [7, 11) is 4.25. The van der Waals surface area contributed by atoms with E-state index in [1.807, 2.05) is 19.3 Å². The molecule has 1 aromatic heterocycles. The minimum atomic E-state index is 0.731. The lowest BCUT2D eigenvalue weighted by molar-refractivity contribution is 0.0784. The highest BCUT2D eigenvalue weighted by Crippen LogP contribution is 2.31. The minimum Gasteiger partial charge on any atom is -0.319 e. The van der Waals surface area contributed by atoms with Crippen molar-refractivity contribution in [2.75, 3.05) is 20.6 Å². The van der Waals surface area contributed by atoms with Crippen LogP contribution in [-0.2, 0) is 6.54 Å². The van der Waals surface area contributed by atoms with Crippen molar-refractivity contribution >= 4 is 0 Å². The second kappa shape index (κ2) is 5.41. The van der Waals surface area contributed by atoms with E-state index in [-0.39, 0.29) is 0 Å². The Morgan fingerprint density at radius 1 is 1.44 bits per heavy atom. The number of hydrogen-bond donors (Lipinski definition) is 1. The number of aromatic nitrogens is 1. The van der Waals surface area contributed by atoms with Gasteiger partial charge in [-0.2, -0.15) is 0 Å². The van der Waals surface area contributed by atoms with Crippen LogP contribution in [0.2, 0.25) is 0 Å². The summed E-state index contributed by atoms with van der Waals surface area (Å²) < 4.78 is 0. The van der Waals surface area contributed by atoms with Crippen LogP contribution in [0, 0.1) is 5.92 Å². The predicted octanol–water partition coefficient (Wildman–Crippen LogP) is 1.51. The van der Waals surface area contributed by atoms with Crippen LogP contribution in [0.15, 0.2) is 24.4 Å². The van der Waals surface area contributed by atoms with Crippen molar-refractivity contribution in [2.45, 2.75) is 25.4 Å². The number of nitrogens with zero attached hydrogens (tertiary/aromatic N) is 2. The molecule has 0 aromatic carbocycles. The van der Waals surface area contributed by atoms with Crippen LogP contribution in [0.5, 0.6) is 0 Å². The normalized spacial score (nSPS) is 24.4. The maximum atomic E-state index is 4.37. The van der Waals surface area contributed by atoms with Crippen molar-refractivity contribution in [3.8, 4) is 0 Å². The number of rotatable bonds is 5. The fraction of sp³-hybridized carbons (Fsp3) is 0.615. The standard InChI is InChI=1S/C13H21N3/c1-14-9-11-6-7-13(11)16(2)10-12-5-3-4-8-15-12/h3-5,8,11,13-14H,6-7,9-10H2,1-2H3. The van der Waals surface area contributed by atoms with Gasteiger partial charge in [0.25, 0.3) is 0 Å². The Kier molecular flexibility index (Phi) is 3.91. The first kappa shape index (κ1) is 11.6. The molecule has 3 nitrogen and oxygen atoms in total. The first-order valence-electron chi connectivity index (χ1n) is 6.06. The van der Waals surface area contributed by atoms with Crippen molar-refractivity contribution in [3.05, 3.63) is 30.1 Å². The van der Waals surface area contributed by atoms with Crippen LogP contribution in [0.25, 0.3) is 0 Å². The first-order chi connectivity index (χ1) is 7.81.